The number of amides is 1. The number of hydrogen-bond donors (Lipinski definition) is 1. The first-order valence-corrected chi connectivity index (χ1v) is 10.3. The highest BCUT2D eigenvalue weighted by Gasteiger charge is 2.74. The molecule has 0 aromatic carbocycles. The van der Waals surface area contributed by atoms with Gasteiger partial charge in [0.15, 0.2) is 0 Å². The first-order chi connectivity index (χ1) is 12.1. The van der Waals surface area contributed by atoms with Gasteiger partial charge >= 0.3 is 0 Å². The largest absolute Gasteiger partial charge is 0.342 e. The Balaban J connectivity index is 1.19. The molecule has 5 rings (SSSR count). The second-order valence-corrected chi connectivity index (χ2v) is 8.98. The summed E-state index contributed by atoms with van der Waals surface area (Å²) in [5.41, 5.74) is -0.232. The Kier molecular flexibility index (Phi) is 4.65. The van der Waals surface area contributed by atoms with Crippen LogP contribution in [0.5, 0.6) is 0 Å². The van der Waals surface area contributed by atoms with Gasteiger partial charge in [0.2, 0.25) is 5.91 Å². The molecule has 2 saturated heterocycles. The van der Waals surface area contributed by atoms with Crippen molar-refractivity contribution < 1.29 is 9.59 Å². The number of likely N-dealkylation sites (tertiary alicyclic amines) is 1. The number of nitrogens with one attached hydrogen (secondary N) is 1. The zero-order valence-electron chi connectivity index (χ0n) is 15.7. The molecule has 0 spiro atoms. The molecule has 0 aromatic rings. The highest BCUT2D eigenvalue weighted by molar-refractivity contribution is 5.96. The smallest absolute Gasteiger partial charge is 0.228 e. The molecule has 5 heteroatoms. The minimum Gasteiger partial charge on any atom is -0.342 e. The SMILES string of the molecule is CCC(=O)C12CC(C(=O)N3CCC(CCN4CCNCC4)CC3)(C1)C2. The number of piperidine rings is 1. The first-order valence-electron chi connectivity index (χ1n) is 10.3. The van der Waals surface area contributed by atoms with Gasteiger partial charge in [0.1, 0.15) is 5.78 Å². The van der Waals surface area contributed by atoms with Gasteiger partial charge in [-0.3, -0.25) is 9.59 Å². The van der Waals surface area contributed by atoms with E-state index in [-0.39, 0.29) is 10.8 Å². The van der Waals surface area contributed by atoms with Gasteiger partial charge in [-0.25, -0.2) is 0 Å². The maximum Gasteiger partial charge on any atom is 0.228 e. The zero-order valence-corrected chi connectivity index (χ0v) is 15.7. The molecule has 5 nitrogen and oxygen atoms in total. The van der Waals surface area contributed by atoms with Crippen molar-refractivity contribution in [3.05, 3.63) is 0 Å². The lowest BCUT2D eigenvalue weighted by atomic mass is 9.33. The van der Waals surface area contributed by atoms with E-state index < -0.39 is 0 Å². The Labute approximate surface area is 151 Å². The van der Waals surface area contributed by atoms with Gasteiger partial charge in [0, 0.05) is 51.1 Å². The van der Waals surface area contributed by atoms with E-state index in [1.54, 1.807) is 0 Å². The molecule has 3 aliphatic carbocycles. The minimum atomic E-state index is -0.140. The van der Waals surface area contributed by atoms with Gasteiger partial charge in [-0.05, 0) is 51.0 Å². The van der Waals surface area contributed by atoms with Crippen molar-refractivity contribution in [1.82, 2.24) is 15.1 Å². The summed E-state index contributed by atoms with van der Waals surface area (Å²) in [6.07, 6.45) is 6.75. The molecule has 3 saturated carbocycles. The third kappa shape index (κ3) is 3.03. The van der Waals surface area contributed by atoms with Crippen LogP contribution in [0.25, 0.3) is 0 Å². The van der Waals surface area contributed by atoms with Gasteiger partial charge in [0.05, 0.1) is 5.41 Å². The Morgan fingerprint density at radius 3 is 2.24 bits per heavy atom. The number of nitrogens with zero attached hydrogens (tertiary/aromatic N) is 2. The van der Waals surface area contributed by atoms with Crippen molar-refractivity contribution in [3.63, 3.8) is 0 Å². The molecule has 0 atom stereocenters. The van der Waals surface area contributed by atoms with E-state index in [9.17, 15) is 9.59 Å². The zero-order chi connectivity index (χ0) is 17.5. The summed E-state index contributed by atoms with van der Waals surface area (Å²) in [5.74, 6) is 1.52. The summed E-state index contributed by atoms with van der Waals surface area (Å²) < 4.78 is 0. The summed E-state index contributed by atoms with van der Waals surface area (Å²) in [5, 5.41) is 3.41. The predicted octanol–water partition coefficient (Wildman–Crippen LogP) is 1.67. The first kappa shape index (κ1) is 17.5. The monoisotopic (exact) mass is 347 g/mol. The topological polar surface area (TPSA) is 52.7 Å². The van der Waals surface area contributed by atoms with Crippen LogP contribution in [0.1, 0.15) is 51.9 Å². The molecule has 2 aliphatic heterocycles. The molecule has 0 radical (unpaired) electrons. The van der Waals surface area contributed by atoms with Crippen LogP contribution in [0.2, 0.25) is 0 Å². The molecule has 0 unspecified atom stereocenters. The van der Waals surface area contributed by atoms with E-state index in [1.165, 1.54) is 26.1 Å². The number of piperazine rings is 1. The number of carbonyl (C=O) groups excluding carboxylic acids is 2. The third-order valence-corrected chi connectivity index (χ3v) is 7.36. The van der Waals surface area contributed by atoms with Crippen LogP contribution >= 0.6 is 0 Å². The van der Waals surface area contributed by atoms with Gasteiger partial charge in [-0.1, -0.05) is 6.92 Å². The molecule has 2 heterocycles. The number of Topliss-reactive ketones (excluding diaryl/α,β-unsaturated/α-hetero) is 1. The molecular weight excluding hydrogens is 314 g/mol. The Morgan fingerprint density at radius 2 is 1.64 bits per heavy atom. The number of rotatable bonds is 6. The van der Waals surface area contributed by atoms with Crippen molar-refractivity contribution in [1.29, 1.82) is 0 Å². The molecule has 2 bridgehead atoms. The third-order valence-electron chi connectivity index (χ3n) is 7.36. The van der Waals surface area contributed by atoms with Crippen molar-refractivity contribution in [2.75, 3.05) is 45.8 Å². The Morgan fingerprint density at radius 1 is 1.00 bits per heavy atom. The quantitative estimate of drug-likeness (QED) is 0.794. The van der Waals surface area contributed by atoms with Gasteiger partial charge in [-0.2, -0.15) is 0 Å². The van der Waals surface area contributed by atoms with Gasteiger partial charge < -0.3 is 15.1 Å². The lowest BCUT2D eigenvalue weighted by molar-refractivity contribution is -0.214. The summed E-state index contributed by atoms with van der Waals surface area (Å²) in [6.45, 7) is 9.63. The average Bonchev–Trinajstić information content (AvgIpc) is 2.58. The fourth-order valence-corrected chi connectivity index (χ4v) is 5.75. The van der Waals surface area contributed by atoms with Crippen molar-refractivity contribution in [2.45, 2.75) is 51.9 Å². The summed E-state index contributed by atoms with van der Waals surface area (Å²) >= 11 is 0. The molecule has 140 valence electrons. The molecule has 0 aromatic heterocycles. The van der Waals surface area contributed by atoms with E-state index in [0.717, 1.165) is 64.2 Å². The second-order valence-electron chi connectivity index (χ2n) is 8.98. The molecule has 1 N–H and O–H groups in total. The Hall–Kier alpha value is -0.940. The number of ketones is 1. The van der Waals surface area contributed by atoms with E-state index in [0.29, 0.717) is 18.1 Å². The van der Waals surface area contributed by atoms with E-state index in [2.05, 4.69) is 15.1 Å². The maximum absolute atomic E-state index is 12.9. The molecule has 1 amide bonds. The number of carbonyl (C=O) groups is 2. The molecule has 25 heavy (non-hydrogen) atoms. The standard InChI is InChI=1S/C20H33N3O2/c1-2-17(24)19-13-20(14-19,15-19)18(25)23-9-4-16(5-10-23)3-8-22-11-6-21-7-12-22/h16,21H,2-15H2,1H3. The highest BCUT2D eigenvalue weighted by atomic mass is 16.2. The molecule has 5 fully saturated rings. The van der Waals surface area contributed by atoms with E-state index in [1.807, 2.05) is 6.92 Å². The maximum atomic E-state index is 12.9. The Bertz CT molecular complexity index is 513. The van der Waals surface area contributed by atoms with Crippen LogP contribution in [0.4, 0.5) is 0 Å². The van der Waals surface area contributed by atoms with E-state index >= 15 is 0 Å². The predicted molar refractivity (Wildman–Crippen MR) is 97.2 cm³/mol. The van der Waals surface area contributed by atoms with Crippen LogP contribution < -0.4 is 5.32 Å². The van der Waals surface area contributed by atoms with Crippen LogP contribution in [0.3, 0.4) is 0 Å². The van der Waals surface area contributed by atoms with Crippen molar-refractivity contribution in [2.24, 2.45) is 16.7 Å². The fourth-order valence-electron chi connectivity index (χ4n) is 5.75. The lowest BCUT2D eigenvalue weighted by Gasteiger charge is -2.69. The average molecular weight is 348 g/mol. The lowest BCUT2D eigenvalue weighted by Crippen LogP contribution is -2.71. The minimum absolute atomic E-state index is 0.0912. The van der Waals surface area contributed by atoms with Crippen LogP contribution in [0.15, 0.2) is 0 Å². The van der Waals surface area contributed by atoms with E-state index in [4.69, 9.17) is 0 Å². The summed E-state index contributed by atoms with van der Waals surface area (Å²) in [6, 6.07) is 0. The van der Waals surface area contributed by atoms with Crippen molar-refractivity contribution >= 4 is 11.7 Å². The number of hydrogen-bond acceptors (Lipinski definition) is 4. The second kappa shape index (κ2) is 6.66. The van der Waals surface area contributed by atoms with Gasteiger partial charge in [-0.15, -0.1) is 0 Å². The van der Waals surface area contributed by atoms with Gasteiger partial charge in [0.25, 0.3) is 0 Å². The molecular formula is C20H33N3O2. The normalized spacial score (nSPS) is 35.8. The summed E-state index contributed by atoms with van der Waals surface area (Å²) in [7, 11) is 0. The fraction of sp³-hybridized carbons (Fsp3) is 0.900. The van der Waals surface area contributed by atoms with Crippen LogP contribution in [0, 0.1) is 16.7 Å². The van der Waals surface area contributed by atoms with Crippen LogP contribution in [-0.2, 0) is 9.59 Å². The molecule has 5 aliphatic rings. The van der Waals surface area contributed by atoms with Crippen molar-refractivity contribution in [3.8, 4) is 0 Å². The van der Waals surface area contributed by atoms with Crippen LogP contribution in [-0.4, -0.2) is 67.3 Å². The highest BCUT2D eigenvalue weighted by Crippen LogP contribution is 2.74. The summed E-state index contributed by atoms with van der Waals surface area (Å²) in [4.78, 5) is 29.6.